The number of halogens is 2. The number of benzene rings is 1. The van der Waals surface area contributed by atoms with Crippen molar-refractivity contribution in [2.45, 2.75) is 26.3 Å². The molecule has 0 bridgehead atoms. The monoisotopic (exact) mass is 356 g/mol. The maximum absolute atomic E-state index is 13.6. The number of carboxylic acids is 1. The van der Waals surface area contributed by atoms with Crippen molar-refractivity contribution in [3.63, 3.8) is 0 Å². The first kappa shape index (κ1) is 17.4. The molecule has 5 nitrogen and oxygen atoms in total. The number of carbonyl (C=O) groups excluding carboxylic acids is 1. The van der Waals surface area contributed by atoms with Gasteiger partial charge in [0, 0.05) is 0 Å². The standard InChI is InChI=1S/C15H14ClFN2O3S/c1-7-14(23-8(2)18-7)15(22)19-12(6-13(20)21)9-3-4-10(16)11(17)5-9/h3-5,12H,6H2,1-2H3,(H,19,22)(H,20,21). The van der Waals surface area contributed by atoms with Gasteiger partial charge in [-0.3, -0.25) is 9.59 Å². The van der Waals surface area contributed by atoms with Gasteiger partial charge >= 0.3 is 5.97 Å². The highest BCUT2D eigenvalue weighted by atomic mass is 35.5. The Hall–Kier alpha value is -1.99. The van der Waals surface area contributed by atoms with E-state index in [1.807, 2.05) is 0 Å². The molecule has 2 aromatic rings. The maximum Gasteiger partial charge on any atom is 0.305 e. The van der Waals surface area contributed by atoms with Crippen molar-refractivity contribution < 1.29 is 19.1 Å². The lowest BCUT2D eigenvalue weighted by Gasteiger charge is -2.17. The number of aryl methyl sites for hydroxylation is 2. The molecular weight excluding hydrogens is 343 g/mol. The summed E-state index contributed by atoms with van der Waals surface area (Å²) in [6.07, 6.45) is -0.371. The molecule has 0 fully saturated rings. The average molecular weight is 357 g/mol. The SMILES string of the molecule is Cc1nc(C)c(C(=O)NC(CC(=O)O)c2ccc(Cl)c(F)c2)s1. The molecule has 0 aliphatic rings. The van der Waals surface area contributed by atoms with Gasteiger partial charge in [-0.05, 0) is 31.5 Å². The molecular formula is C15H14ClFN2O3S. The van der Waals surface area contributed by atoms with Crippen LogP contribution in [0.1, 0.15) is 38.4 Å². The van der Waals surface area contributed by atoms with Crippen molar-refractivity contribution in [1.29, 1.82) is 0 Å². The predicted molar refractivity (Wildman–Crippen MR) is 85.5 cm³/mol. The summed E-state index contributed by atoms with van der Waals surface area (Å²) in [5.41, 5.74) is 0.905. The first-order valence-corrected chi connectivity index (χ1v) is 7.89. The average Bonchev–Trinajstić information content (AvgIpc) is 2.79. The minimum atomic E-state index is -1.11. The molecule has 1 heterocycles. The lowest BCUT2D eigenvalue weighted by molar-refractivity contribution is -0.137. The van der Waals surface area contributed by atoms with Crippen molar-refractivity contribution in [3.8, 4) is 0 Å². The minimum Gasteiger partial charge on any atom is -0.481 e. The zero-order valence-electron chi connectivity index (χ0n) is 12.4. The van der Waals surface area contributed by atoms with E-state index in [1.165, 1.54) is 23.5 Å². The summed E-state index contributed by atoms with van der Waals surface area (Å²) in [5, 5.41) is 12.3. The van der Waals surface area contributed by atoms with Gasteiger partial charge in [0.25, 0.3) is 5.91 Å². The summed E-state index contributed by atoms with van der Waals surface area (Å²) in [4.78, 5) is 28.0. The number of thiazole rings is 1. The van der Waals surface area contributed by atoms with Gasteiger partial charge in [0.15, 0.2) is 0 Å². The van der Waals surface area contributed by atoms with Gasteiger partial charge in [0.2, 0.25) is 0 Å². The predicted octanol–water partition coefficient (Wildman–Crippen LogP) is 3.50. The molecule has 0 spiro atoms. The number of nitrogens with one attached hydrogen (secondary N) is 1. The Kier molecular flexibility index (Phi) is 5.33. The maximum atomic E-state index is 13.6. The van der Waals surface area contributed by atoms with Crippen LogP contribution in [-0.2, 0) is 4.79 Å². The molecule has 0 saturated heterocycles. The van der Waals surface area contributed by atoms with Crippen LogP contribution in [-0.4, -0.2) is 22.0 Å². The second kappa shape index (κ2) is 7.06. The van der Waals surface area contributed by atoms with Gasteiger partial charge in [-0.2, -0.15) is 0 Å². The van der Waals surface area contributed by atoms with Crippen LogP contribution in [0.4, 0.5) is 4.39 Å². The number of carbonyl (C=O) groups is 2. The van der Waals surface area contributed by atoms with Crippen LogP contribution >= 0.6 is 22.9 Å². The highest BCUT2D eigenvalue weighted by molar-refractivity contribution is 7.13. The van der Waals surface area contributed by atoms with Crippen molar-refractivity contribution in [1.82, 2.24) is 10.3 Å². The molecule has 1 aromatic carbocycles. The zero-order chi connectivity index (χ0) is 17.1. The van der Waals surface area contributed by atoms with E-state index in [0.29, 0.717) is 16.1 Å². The summed E-state index contributed by atoms with van der Waals surface area (Å²) in [5.74, 6) is -2.21. The number of aliphatic carboxylic acids is 1. The van der Waals surface area contributed by atoms with Gasteiger partial charge in [0.05, 0.1) is 28.2 Å². The third kappa shape index (κ3) is 4.27. The Bertz CT molecular complexity index is 763. The van der Waals surface area contributed by atoms with Gasteiger partial charge in [0.1, 0.15) is 10.7 Å². The molecule has 2 N–H and O–H groups in total. The molecule has 0 radical (unpaired) electrons. The number of aromatic nitrogens is 1. The van der Waals surface area contributed by atoms with Gasteiger partial charge in [-0.1, -0.05) is 17.7 Å². The van der Waals surface area contributed by atoms with Crippen LogP contribution in [0.15, 0.2) is 18.2 Å². The quantitative estimate of drug-likeness (QED) is 0.859. The third-order valence-electron chi connectivity index (χ3n) is 3.14. The van der Waals surface area contributed by atoms with E-state index in [4.69, 9.17) is 16.7 Å². The first-order chi connectivity index (χ1) is 10.8. The van der Waals surface area contributed by atoms with E-state index in [1.54, 1.807) is 13.8 Å². The van der Waals surface area contributed by atoms with Crippen LogP contribution in [0.3, 0.4) is 0 Å². The zero-order valence-corrected chi connectivity index (χ0v) is 14.0. The molecule has 1 aromatic heterocycles. The van der Waals surface area contributed by atoms with E-state index in [9.17, 15) is 14.0 Å². The Morgan fingerprint density at radius 1 is 1.43 bits per heavy atom. The van der Waals surface area contributed by atoms with Crippen LogP contribution in [0.5, 0.6) is 0 Å². The van der Waals surface area contributed by atoms with Crippen LogP contribution < -0.4 is 5.32 Å². The first-order valence-electron chi connectivity index (χ1n) is 6.69. The van der Waals surface area contributed by atoms with Crippen molar-refractivity contribution in [2.24, 2.45) is 0 Å². The van der Waals surface area contributed by atoms with Crippen molar-refractivity contribution in [2.75, 3.05) is 0 Å². The topological polar surface area (TPSA) is 79.3 Å². The molecule has 0 saturated carbocycles. The van der Waals surface area contributed by atoms with Crippen LogP contribution in [0.25, 0.3) is 0 Å². The van der Waals surface area contributed by atoms with E-state index < -0.39 is 23.7 Å². The number of carboxylic acid groups (broad SMARTS) is 1. The smallest absolute Gasteiger partial charge is 0.305 e. The largest absolute Gasteiger partial charge is 0.481 e. The highest BCUT2D eigenvalue weighted by Gasteiger charge is 2.22. The summed E-state index contributed by atoms with van der Waals surface area (Å²) in [6.45, 7) is 3.48. The Balaban J connectivity index is 2.28. The van der Waals surface area contributed by atoms with Gasteiger partial charge in [-0.25, -0.2) is 9.37 Å². The Morgan fingerprint density at radius 3 is 2.65 bits per heavy atom. The fourth-order valence-electron chi connectivity index (χ4n) is 2.12. The number of nitrogens with zero attached hydrogens (tertiary/aromatic N) is 1. The fourth-order valence-corrected chi connectivity index (χ4v) is 3.06. The van der Waals surface area contributed by atoms with Crippen molar-refractivity contribution in [3.05, 3.63) is 50.2 Å². The molecule has 2 rings (SSSR count). The Labute approximate surface area is 141 Å². The van der Waals surface area contributed by atoms with Crippen LogP contribution in [0, 0.1) is 19.7 Å². The summed E-state index contributed by atoms with van der Waals surface area (Å²) < 4.78 is 13.6. The Morgan fingerprint density at radius 2 is 2.13 bits per heavy atom. The van der Waals surface area contributed by atoms with Crippen molar-refractivity contribution >= 4 is 34.8 Å². The lowest BCUT2D eigenvalue weighted by Crippen LogP contribution is -2.30. The summed E-state index contributed by atoms with van der Waals surface area (Å²) in [7, 11) is 0. The van der Waals surface area contributed by atoms with Gasteiger partial charge in [-0.15, -0.1) is 11.3 Å². The van der Waals surface area contributed by atoms with E-state index in [-0.39, 0.29) is 11.4 Å². The fraction of sp³-hybridized carbons (Fsp3) is 0.267. The molecule has 122 valence electrons. The van der Waals surface area contributed by atoms with Gasteiger partial charge < -0.3 is 10.4 Å². The van der Waals surface area contributed by atoms with E-state index in [0.717, 1.165) is 11.1 Å². The molecule has 23 heavy (non-hydrogen) atoms. The normalized spacial score (nSPS) is 12.0. The lowest BCUT2D eigenvalue weighted by atomic mass is 10.0. The summed E-state index contributed by atoms with van der Waals surface area (Å²) in [6, 6.07) is 3.08. The van der Waals surface area contributed by atoms with E-state index in [2.05, 4.69) is 10.3 Å². The van der Waals surface area contributed by atoms with E-state index >= 15 is 0 Å². The number of amides is 1. The number of rotatable bonds is 5. The number of hydrogen-bond donors (Lipinski definition) is 2. The molecule has 1 unspecified atom stereocenters. The second-order valence-electron chi connectivity index (χ2n) is 4.94. The molecule has 0 aliphatic heterocycles. The number of hydrogen-bond acceptors (Lipinski definition) is 4. The highest BCUT2D eigenvalue weighted by Crippen LogP contribution is 2.24. The third-order valence-corrected chi connectivity index (χ3v) is 4.52. The summed E-state index contributed by atoms with van der Waals surface area (Å²) >= 11 is 6.85. The minimum absolute atomic E-state index is 0.0666. The second-order valence-corrected chi connectivity index (χ2v) is 6.56. The molecule has 1 amide bonds. The molecule has 0 aliphatic carbocycles. The molecule has 1 atom stereocenters. The van der Waals surface area contributed by atoms with Crippen LogP contribution in [0.2, 0.25) is 5.02 Å². The molecule has 8 heteroatoms.